The molecule has 32 heavy (non-hydrogen) atoms. The Morgan fingerprint density at radius 3 is 2.22 bits per heavy atom. The maximum absolute atomic E-state index is 14.1. The molecule has 9 heteroatoms. The van der Waals surface area contributed by atoms with Crippen molar-refractivity contribution in [2.45, 2.75) is 45.8 Å². The number of nitrogens with zero attached hydrogens (tertiary/aromatic N) is 1. The van der Waals surface area contributed by atoms with Crippen LogP contribution in [-0.2, 0) is 20.9 Å². The molecule has 168 valence electrons. The number of amides is 4. The Bertz CT molecular complexity index is 1040. The zero-order chi connectivity index (χ0) is 23.5. The van der Waals surface area contributed by atoms with E-state index in [4.69, 9.17) is 4.74 Å². The number of hydrogen-bond donors (Lipinski definition) is 2. The van der Waals surface area contributed by atoms with E-state index in [0.717, 1.165) is 11.6 Å². The van der Waals surface area contributed by atoms with Gasteiger partial charge in [-0.2, -0.15) is 0 Å². The molecule has 0 saturated carbocycles. The molecule has 0 spiro atoms. The topological polar surface area (TPSA) is 105 Å². The maximum atomic E-state index is 14.1. The molecule has 1 heterocycles. The van der Waals surface area contributed by atoms with Gasteiger partial charge in [-0.15, -0.1) is 0 Å². The third-order valence-corrected chi connectivity index (χ3v) is 4.57. The SMILES string of the molecule is CC(C)(C)OC(=O)Nc1cc(NC(=O)c2ccc(CN3C(=O)CCC3=O)cc2)ccc1F. The van der Waals surface area contributed by atoms with Crippen LogP contribution in [-0.4, -0.2) is 34.3 Å². The molecule has 1 saturated heterocycles. The zero-order valence-corrected chi connectivity index (χ0v) is 18.0. The highest BCUT2D eigenvalue weighted by molar-refractivity contribution is 6.05. The van der Waals surface area contributed by atoms with Crippen molar-refractivity contribution in [3.8, 4) is 0 Å². The molecule has 1 fully saturated rings. The minimum Gasteiger partial charge on any atom is -0.444 e. The van der Waals surface area contributed by atoms with Crippen molar-refractivity contribution in [2.75, 3.05) is 10.6 Å². The fourth-order valence-electron chi connectivity index (χ4n) is 3.06. The van der Waals surface area contributed by atoms with E-state index in [9.17, 15) is 23.6 Å². The Morgan fingerprint density at radius 1 is 1.00 bits per heavy atom. The Balaban J connectivity index is 1.64. The lowest BCUT2D eigenvalue weighted by Crippen LogP contribution is -2.28. The van der Waals surface area contributed by atoms with Crippen molar-refractivity contribution in [3.63, 3.8) is 0 Å². The molecular formula is C23H24FN3O5. The first-order chi connectivity index (χ1) is 15.0. The van der Waals surface area contributed by atoms with E-state index in [2.05, 4.69) is 10.6 Å². The number of nitrogens with one attached hydrogen (secondary N) is 2. The number of imide groups is 1. The summed E-state index contributed by atoms with van der Waals surface area (Å²) in [7, 11) is 0. The maximum Gasteiger partial charge on any atom is 0.412 e. The van der Waals surface area contributed by atoms with E-state index >= 15 is 0 Å². The first kappa shape index (κ1) is 22.9. The van der Waals surface area contributed by atoms with Crippen LogP contribution >= 0.6 is 0 Å². The van der Waals surface area contributed by atoms with Crippen LogP contribution in [0.25, 0.3) is 0 Å². The first-order valence-electron chi connectivity index (χ1n) is 10.0. The van der Waals surface area contributed by atoms with Crippen molar-refractivity contribution < 1.29 is 28.3 Å². The van der Waals surface area contributed by atoms with Crippen molar-refractivity contribution in [1.82, 2.24) is 4.90 Å². The number of benzene rings is 2. The molecule has 0 bridgehead atoms. The van der Waals surface area contributed by atoms with Crippen molar-refractivity contribution in [2.24, 2.45) is 0 Å². The molecule has 2 aromatic rings. The molecule has 4 amide bonds. The molecule has 1 aliphatic heterocycles. The van der Waals surface area contributed by atoms with Gasteiger partial charge in [-0.25, -0.2) is 9.18 Å². The van der Waals surface area contributed by atoms with E-state index in [1.165, 1.54) is 17.0 Å². The van der Waals surface area contributed by atoms with Crippen LogP contribution in [0.2, 0.25) is 0 Å². The average Bonchev–Trinajstić information content (AvgIpc) is 3.01. The van der Waals surface area contributed by atoms with Crippen LogP contribution in [0.5, 0.6) is 0 Å². The Kier molecular flexibility index (Phi) is 6.57. The van der Waals surface area contributed by atoms with E-state index < -0.39 is 23.4 Å². The molecule has 0 aromatic heterocycles. The summed E-state index contributed by atoms with van der Waals surface area (Å²) in [5.74, 6) is -1.53. The minimum absolute atomic E-state index is 0.132. The Labute approximate surface area is 184 Å². The lowest BCUT2D eigenvalue weighted by Gasteiger charge is -2.20. The first-order valence-corrected chi connectivity index (χ1v) is 10.0. The summed E-state index contributed by atoms with van der Waals surface area (Å²) in [5, 5.41) is 4.96. The van der Waals surface area contributed by atoms with Gasteiger partial charge in [-0.3, -0.25) is 24.6 Å². The van der Waals surface area contributed by atoms with Gasteiger partial charge in [0, 0.05) is 24.1 Å². The standard InChI is InChI=1S/C23H24FN3O5/c1-23(2,3)32-22(31)26-18-12-16(8-9-17(18)24)25-21(30)15-6-4-14(5-7-15)13-27-19(28)10-11-20(27)29/h4-9,12H,10-11,13H2,1-3H3,(H,25,30)(H,26,31). The third kappa shape index (κ3) is 5.90. The number of halogens is 1. The summed E-state index contributed by atoms with van der Waals surface area (Å²) in [6.45, 7) is 5.22. The van der Waals surface area contributed by atoms with Crippen LogP contribution in [0.1, 0.15) is 49.5 Å². The smallest absolute Gasteiger partial charge is 0.412 e. The fraction of sp³-hybridized carbons (Fsp3) is 0.304. The molecule has 1 aliphatic rings. The molecule has 2 aromatic carbocycles. The minimum atomic E-state index is -0.814. The number of ether oxygens (including phenoxy) is 1. The number of hydrogen-bond acceptors (Lipinski definition) is 5. The Morgan fingerprint density at radius 2 is 1.62 bits per heavy atom. The number of likely N-dealkylation sites (tertiary alicyclic amines) is 1. The molecule has 0 radical (unpaired) electrons. The molecule has 2 N–H and O–H groups in total. The van der Waals surface area contributed by atoms with Gasteiger partial charge in [0.2, 0.25) is 11.8 Å². The van der Waals surface area contributed by atoms with Gasteiger partial charge in [-0.1, -0.05) is 12.1 Å². The van der Waals surface area contributed by atoms with Gasteiger partial charge in [0.25, 0.3) is 5.91 Å². The number of rotatable bonds is 5. The van der Waals surface area contributed by atoms with Crippen LogP contribution in [0, 0.1) is 5.82 Å². The largest absolute Gasteiger partial charge is 0.444 e. The van der Waals surface area contributed by atoms with E-state index in [1.54, 1.807) is 45.0 Å². The van der Waals surface area contributed by atoms with Gasteiger partial charge >= 0.3 is 6.09 Å². The molecule has 8 nitrogen and oxygen atoms in total. The second-order valence-corrected chi connectivity index (χ2v) is 8.35. The summed E-state index contributed by atoms with van der Waals surface area (Å²) in [6.07, 6.45) is -0.366. The number of carbonyl (C=O) groups excluding carboxylic acids is 4. The monoisotopic (exact) mass is 441 g/mol. The molecule has 0 unspecified atom stereocenters. The summed E-state index contributed by atoms with van der Waals surface area (Å²) in [4.78, 5) is 49.1. The van der Waals surface area contributed by atoms with Gasteiger partial charge < -0.3 is 10.1 Å². The van der Waals surface area contributed by atoms with Crippen LogP contribution in [0.4, 0.5) is 20.6 Å². The summed E-state index contributed by atoms with van der Waals surface area (Å²) in [6, 6.07) is 10.2. The third-order valence-electron chi connectivity index (χ3n) is 4.57. The summed E-state index contributed by atoms with van der Waals surface area (Å²) >= 11 is 0. The van der Waals surface area contributed by atoms with E-state index in [1.807, 2.05) is 0 Å². The molecule has 3 rings (SSSR count). The predicted molar refractivity (Wildman–Crippen MR) is 115 cm³/mol. The van der Waals surface area contributed by atoms with Crippen LogP contribution in [0.15, 0.2) is 42.5 Å². The lowest BCUT2D eigenvalue weighted by atomic mass is 10.1. The Hall–Kier alpha value is -3.75. The highest BCUT2D eigenvalue weighted by Gasteiger charge is 2.28. The zero-order valence-electron chi connectivity index (χ0n) is 18.0. The summed E-state index contributed by atoms with van der Waals surface area (Å²) in [5.41, 5.74) is 0.454. The second-order valence-electron chi connectivity index (χ2n) is 8.35. The lowest BCUT2D eigenvalue weighted by molar-refractivity contribution is -0.139. The van der Waals surface area contributed by atoms with Crippen molar-refractivity contribution in [1.29, 1.82) is 0 Å². The highest BCUT2D eigenvalue weighted by atomic mass is 19.1. The van der Waals surface area contributed by atoms with Gasteiger partial charge in [0.1, 0.15) is 11.4 Å². The van der Waals surface area contributed by atoms with E-state index in [-0.39, 0.29) is 42.6 Å². The van der Waals surface area contributed by atoms with Crippen molar-refractivity contribution >= 4 is 35.2 Å². The molecule has 0 aliphatic carbocycles. The molecular weight excluding hydrogens is 417 g/mol. The van der Waals surface area contributed by atoms with Gasteiger partial charge in [0.05, 0.1) is 12.2 Å². The highest BCUT2D eigenvalue weighted by Crippen LogP contribution is 2.22. The average molecular weight is 441 g/mol. The number of anilines is 2. The van der Waals surface area contributed by atoms with Crippen molar-refractivity contribution in [3.05, 3.63) is 59.4 Å². The fourth-order valence-corrected chi connectivity index (χ4v) is 3.06. The summed E-state index contributed by atoms with van der Waals surface area (Å²) < 4.78 is 19.2. The van der Waals surface area contributed by atoms with E-state index in [0.29, 0.717) is 5.56 Å². The second kappa shape index (κ2) is 9.17. The number of carbonyl (C=O) groups is 4. The molecule has 0 atom stereocenters. The van der Waals surface area contributed by atoms with Gasteiger partial charge in [0.15, 0.2) is 0 Å². The predicted octanol–water partition coefficient (Wildman–Crippen LogP) is 4.07. The quantitative estimate of drug-likeness (QED) is 0.681. The van der Waals surface area contributed by atoms with Gasteiger partial charge in [-0.05, 0) is 56.7 Å². The van der Waals surface area contributed by atoms with Crippen LogP contribution in [0.3, 0.4) is 0 Å². The van der Waals surface area contributed by atoms with Crippen LogP contribution < -0.4 is 10.6 Å². The normalized spacial score (nSPS) is 13.8.